The van der Waals surface area contributed by atoms with E-state index in [2.05, 4.69) is 49.5 Å². The van der Waals surface area contributed by atoms with E-state index in [0.29, 0.717) is 6.04 Å². The molecule has 0 aliphatic heterocycles. The standard InChI is InChI=1S/C20H27N/c1-3-5-9-19(21-14-4-2)17-13-12-16-11-10-15-7-6-8-18(17)20(15)16/h6-8,12-13,19,21H,3-5,9-11,14H2,1-2H3. The topological polar surface area (TPSA) is 12.0 Å². The van der Waals surface area contributed by atoms with Crippen LogP contribution in [0.15, 0.2) is 30.3 Å². The monoisotopic (exact) mass is 281 g/mol. The summed E-state index contributed by atoms with van der Waals surface area (Å²) in [6, 6.07) is 12.2. The summed E-state index contributed by atoms with van der Waals surface area (Å²) >= 11 is 0. The highest BCUT2D eigenvalue weighted by Gasteiger charge is 2.19. The van der Waals surface area contributed by atoms with Crippen LogP contribution in [0.25, 0.3) is 10.8 Å². The quantitative estimate of drug-likeness (QED) is 0.738. The highest BCUT2D eigenvalue weighted by Crippen LogP contribution is 2.36. The maximum absolute atomic E-state index is 3.77. The molecule has 0 amide bonds. The fourth-order valence-electron chi connectivity index (χ4n) is 3.67. The molecule has 1 unspecified atom stereocenters. The SMILES string of the molecule is CCCCC(NCCC)c1ccc2c3c(cccc13)CC2. The van der Waals surface area contributed by atoms with Crippen LogP contribution in [-0.2, 0) is 12.8 Å². The summed E-state index contributed by atoms with van der Waals surface area (Å²) < 4.78 is 0. The molecule has 0 saturated carbocycles. The summed E-state index contributed by atoms with van der Waals surface area (Å²) in [6.45, 7) is 5.64. The molecule has 0 heterocycles. The molecule has 0 radical (unpaired) electrons. The van der Waals surface area contributed by atoms with Crippen molar-refractivity contribution in [2.75, 3.05) is 6.54 Å². The molecule has 0 fully saturated rings. The number of unbranched alkanes of at least 4 members (excludes halogenated alkanes) is 1. The Bertz CT molecular complexity index is 596. The van der Waals surface area contributed by atoms with Crippen molar-refractivity contribution >= 4 is 10.8 Å². The first kappa shape index (κ1) is 14.6. The Hall–Kier alpha value is -1.34. The van der Waals surface area contributed by atoms with E-state index < -0.39 is 0 Å². The lowest BCUT2D eigenvalue weighted by atomic mass is 9.93. The molecule has 0 saturated heterocycles. The van der Waals surface area contributed by atoms with Crippen LogP contribution in [0, 0.1) is 0 Å². The van der Waals surface area contributed by atoms with Gasteiger partial charge in [0.1, 0.15) is 0 Å². The molecule has 112 valence electrons. The normalized spacial score (nSPS) is 14.8. The molecule has 0 bridgehead atoms. The van der Waals surface area contributed by atoms with Gasteiger partial charge in [-0.25, -0.2) is 0 Å². The second-order valence-electron chi connectivity index (χ2n) is 6.30. The summed E-state index contributed by atoms with van der Waals surface area (Å²) in [5.41, 5.74) is 4.61. The van der Waals surface area contributed by atoms with Crippen molar-refractivity contribution < 1.29 is 0 Å². The number of benzene rings is 2. The van der Waals surface area contributed by atoms with E-state index >= 15 is 0 Å². The molecule has 0 spiro atoms. The van der Waals surface area contributed by atoms with E-state index in [1.54, 1.807) is 16.5 Å². The fraction of sp³-hybridized carbons (Fsp3) is 0.500. The highest BCUT2D eigenvalue weighted by atomic mass is 14.9. The third kappa shape index (κ3) is 2.85. The fourth-order valence-corrected chi connectivity index (χ4v) is 3.67. The molecule has 1 nitrogen and oxygen atoms in total. The molecule has 2 aromatic rings. The Morgan fingerprint density at radius 2 is 1.81 bits per heavy atom. The second-order valence-corrected chi connectivity index (χ2v) is 6.30. The number of aryl methyl sites for hydroxylation is 2. The van der Waals surface area contributed by atoms with E-state index in [0.717, 1.165) is 6.54 Å². The molecular formula is C20H27N. The Morgan fingerprint density at radius 1 is 1.00 bits per heavy atom. The first-order chi connectivity index (χ1) is 10.3. The zero-order chi connectivity index (χ0) is 14.7. The molecule has 1 N–H and O–H groups in total. The predicted molar refractivity (Wildman–Crippen MR) is 91.9 cm³/mol. The Labute approximate surface area is 128 Å². The zero-order valence-electron chi connectivity index (χ0n) is 13.4. The van der Waals surface area contributed by atoms with E-state index in [9.17, 15) is 0 Å². The Morgan fingerprint density at radius 3 is 2.57 bits per heavy atom. The molecule has 0 aromatic heterocycles. The summed E-state index contributed by atoms with van der Waals surface area (Å²) in [4.78, 5) is 0. The lowest BCUT2D eigenvalue weighted by molar-refractivity contribution is 0.484. The van der Waals surface area contributed by atoms with Crippen molar-refractivity contribution in [3.63, 3.8) is 0 Å². The largest absolute Gasteiger partial charge is 0.310 e. The van der Waals surface area contributed by atoms with Crippen LogP contribution in [0.1, 0.15) is 62.3 Å². The van der Waals surface area contributed by atoms with Gasteiger partial charge in [-0.1, -0.05) is 57.0 Å². The molecule has 1 aliphatic carbocycles. The van der Waals surface area contributed by atoms with Crippen LogP contribution in [0.3, 0.4) is 0 Å². The molecule has 1 aliphatic rings. The molecular weight excluding hydrogens is 254 g/mol. The van der Waals surface area contributed by atoms with Crippen molar-refractivity contribution in [1.29, 1.82) is 0 Å². The zero-order valence-corrected chi connectivity index (χ0v) is 13.4. The summed E-state index contributed by atoms with van der Waals surface area (Å²) in [5, 5.41) is 6.82. The molecule has 3 rings (SSSR count). The van der Waals surface area contributed by atoms with Gasteiger partial charge in [0.25, 0.3) is 0 Å². The van der Waals surface area contributed by atoms with Crippen molar-refractivity contribution in [1.82, 2.24) is 5.32 Å². The first-order valence-electron chi connectivity index (χ1n) is 8.62. The number of rotatable bonds is 7. The Kier molecular flexibility index (Phi) is 4.60. The summed E-state index contributed by atoms with van der Waals surface area (Å²) in [6.07, 6.45) is 7.45. The average molecular weight is 281 g/mol. The molecule has 1 atom stereocenters. The van der Waals surface area contributed by atoms with Crippen molar-refractivity contribution in [3.8, 4) is 0 Å². The van der Waals surface area contributed by atoms with Gasteiger partial charge in [-0.2, -0.15) is 0 Å². The number of hydrogen-bond acceptors (Lipinski definition) is 1. The lowest BCUT2D eigenvalue weighted by Gasteiger charge is -2.21. The third-order valence-corrected chi connectivity index (χ3v) is 4.77. The van der Waals surface area contributed by atoms with Crippen LogP contribution >= 0.6 is 0 Å². The van der Waals surface area contributed by atoms with Crippen LogP contribution in [0.4, 0.5) is 0 Å². The average Bonchev–Trinajstić information content (AvgIpc) is 2.94. The van der Waals surface area contributed by atoms with E-state index in [-0.39, 0.29) is 0 Å². The summed E-state index contributed by atoms with van der Waals surface area (Å²) in [7, 11) is 0. The van der Waals surface area contributed by atoms with Crippen LogP contribution in [-0.4, -0.2) is 6.54 Å². The highest BCUT2D eigenvalue weighted by molar-refractivity contribution is 5.93. The maximum atomic E-state index is 3.77. The molecule has 21 heavy (non-hydrogen) atoms. The molecule has 2 aromatic carbocycles. The molecule has 1 heteroatoms. The minimum absolute atomic E-state index is 0.509. The maximum Gasteiger partial charge on any atom is 0.0326 e. The van der Waals surface area contributed by atoms with Crippen molar-refractivity contribution in [3.05, 3.63) is 47.0 Å². The van der Waals surface area contributed by atoms with Gasteiger partial charge < -0.3 is 5.32 Å². The third-order valence-electron chi connectivity index (χ3n) is 4.77. The second kappa shape index (κ2) is 6.62. The number of hydrogen-bond donors (Lipinski definition) is 1. The minimum Gasteiger partial charge on any atom is -0.310 e. The van der Waals surface area contributed by atoms with Gasteiger partial charge in [0.2, 0.25) is 0 Å². The predicted octanol–water partition coefficient (Wildman–Crippen LogP) is 5.17. The van der Waals surface area contributed by atoms with Crippen molar-refractivity contribution in [2.45, 2.75) is 58.4 Å². The van der Waals surface area contributed by atoms with Gasteiger partial charge in [-0.05, 0) is 59.7 Å². The minimum atomic E-state index is 0.509. The van der Waals surface area contributed by atoms with E-state index in [4.69, 9.17) is 0 Å². The van der Waals surface area contributed by atoms with Crippen LogP contribution in [0.2, 0.25) is 0 Å². The smallest absolute Gasteiger partial charge is 0.0326 e. The van der Waals surface area contributed by atoms with Crippen LogP contribution in [0.5, 0.6) is 0 Å². The van der Waals surface area contributed by atoms with Gasteiger partial charge in [0.15, 0.2) is 0 Å². The van der Waals surface area contributed by atoms with Gasteiger partial charge in [0, 0.05) is 6.04 Å². The number of nitrogens with one attached hydrogen (secondary N) is 1. The first-order valence-corrected chi connectivity index (χ1v) is 8.62. The van der Waals surface area contributed by atoms with Crippen molar-refractivity contribution in [2.24, 2.45) is 0 Å². The van der Waals surface area contributed by atoms with E-state index in [1.807, 2.05) is 0 Å². The van der Waals surface area contributed by atoms with Gasteiger partial charge in [-0.3, -0.25) is 0 Å². The van der Waals surface area contributed by atoms with E-state index in [1.165, 1.54) is 49.5 Å². The van der Waals surface area contributed by atoms with Crippen LogP contribution < -0.4 is 5.32 Å². The summed E-state index contributed by atoms with van der Waals surface area (Å²) in [5.74, 6) is 0. The van der Waals surface area contributed by atoms with Gasteiger partial charge in [-0.15, -0.1) is 0 Å². The lowest BCUT2D eigenvalue weighted by Crippen LogP contribution is -2.22. The van der Waals surface area contributed by atoms with Gasteiger partial charge in [0.05, 0.1) is 0 Å². The van der Waals surface area contributed by atoms with Gasteiger partial charge >= 0.3 is 0 Å². The Balaban J connectivity index is 2.01.